The molecular formula is C22H26ClN5Y-2. The van der Waals surface area contributed by atoms with Gasteiger partial charge in [0.25, 0.3) is 0 Å². The van der Waals surface area contributed by atoms with Gasteiger partial charge in [0.05, 0.1) is 29.5 Å². The molecule has 0 unspecified atom stereocenters. The number of benzene rings is 1. The van der Waals surface area contributed by atoms with Gasteiger partial charge in [-0.25, -0.2) is 4.98 Å². The molecule has 5 rings (SSSR count). The summed E-state index contributed by atoms with van der Waals surface area (Å²) in [6.45, 7) is 8.91. The van der Waals surface area contributed by atoms with E-state index in [1.807, 2.05) is 32.3 Å². The van der Waals surface area contributed by atoms with Crippen LogP contribution in [-0.2, 0) is 44.7 Å². The van der Waals surface area contributed by atoms with Crippen molar-refractivity contribution in [2.24, 2.45) is 0 Å². The number of nitrogens with one attached hydrogen (secondary N) is 1. The van der Waals surface area contributed by atoms with Crippen molar-refractivity contribution >= 4 is 28.3 Å². The normalized spacial score (nSPS) is 15.7. The Morgan fingerprint density at radius 3 is 2.62 bits per heavy atom. The van der Waals surface area contributed by atoms with E-state index < -0.39 is 0 Å². The molecule has 0 amide bonds. The second-order valence-electron chi connectivity index (χ2n) is 6.86. The third kappa shape index (κ3) is 3.62. The number of aromatic nitrogens is 3. The number of allylic oxidation sites excluding steroid dienone is 1. The number of pyridine rings is 1. The summed E-state index contributed by atoms with van der Waals surface area (Å²) in [6, 6.07) is 7.54. The number of halogens is 1. The second kappa shape index (κ2) is 9.15. The van der Waals surface area contributed by atoms with Crippen molar-refractivity contribution in [1.29, 1.82) is 0 Å². The van der Waals surface area contributed by atoms with E-state index in [0.717, 1.165) is 35.3 Å². The summed E-state index contributed by atoms with van der Waals surface area (Å²) in [6.07, 6.45) is 7.25. The molecule has 1 aliphatic heterocycles. The Morgan fingerprint density at radius 2 is 1.97 bits per heavy atom. The van der Waals surface area contributed by atoms with E-state index in [2.05, 4.69) is 27.5 Å². The molecule has 1 radical (unpaired) electrons. The molecule has 1 saturated carbocycles. The quantitative estimate of drug-likeness (QED) is 0.399. The maximum atomic E-state index is 8.40. The molecule has 1 aliphatic carbocycles. The molecule has 0 bridgehead atoms. The Hall–Kier alpha value is -1.43. The Balaban J connectivity index is 0.000000729. The predicted molar refractivity (Wildman–Crippen MR) is 117 cm³/mol. The van der Waals surface area contributed by atoms with Crippen molar-refractivity contribution in [2.75, 3.05) is 4.90 Å². The van der Waals surface area contributed by atoms with Gasteiger partial charge in [0.2, 0.25) is 0 Å². The van der Waals surface area contributed by atoms with Gasteiger partial charge in [0, 0.05) is 55.0 Å². The Labute approximate surface area is 203 Å². The van der Waals surface area contributed by atoms with E-state index in [4.69, 9.17) is 17.4 Å². The molecule has 1 spiro atoms. The summed E-state index contributed by atoms with van der Waals surface area (Å²) >= 11 is 6.06. The van der Waals surface area contributed by atoms with Crippen LogP contribution in [0.2, 0.25) is 5.02 Å². The first-order valence-corrected chi connectivity index (χ1v) is 9.78. The van der Waals surface area contributed by atoms with Crippen LogP contribution in [0.5, 0.6) is 0 Å². The SMILES string of the molecule is C=C1N(Cc2nc3cc(Cl)ccc3n2[NH-])c2cnccc2C12CCC2.CC.[CH3-].[Y]. The average molecular weight is 485 g/mol. The van der Waals surface area contributed by atoms with Gasteiger partial charge >= 0.3 is 0 Å². The zero-order chi connectivity index (χ0) is 19.2. The maximum absolute atomic E-state index is 8.40. The predicted octanol–water partition coefficient (Wildman–Crippen LogP) is 6.33. The minimum atomic E-state index is 0. The summed E-state index contributed by atoms with van der Waals surface area (Å²) in [5.41, 5.74) is 5.07. The van der Waals surface area contributed by atoms with E-state index in [0.29, 0.717) is 17.4 Å². The third-order valence-corrected chi connectivity index (χ3v) is 5.91. The summed E-state index contributed by atoms with van der Waals surface area (Å²) in [7, 11) is 0. The number of nitrogens with zero attached hydrogens (tertiary/aromatic N) is 4. The van der Waals surface area contributed by atoms with Crippen LogP contribution in [0.4, 0.5) is 5.69 Å². The van der Waals surface area contributed by atoms with E-state index in [1.165, 1.54) is 16.7 Å². The standard InChI is InChI=1S/C19H17ClN5.C2H6.CH3.Y/c1-12-19(6-2-7-19)14-5-8-22-10-17(14)24(12)11-18-23-15-9-13(20)3-4-16(15)25(18)21;1-2;;/h3-5,8-10,21H,1-2,6-7,11H2;1-2H3;1H3;/q-1;;-1;. The molecule has 1 aromatic carbocycles. The van der Waals surface area contributed by atoms with Crippen LogP contribution in [-0.4, -0.2) is 14.6 Å². The van der Waals surface area contributed by atoms with Crippen molar-refractivity contribution in [3.8, 4) is 0 Å². The van der Waals surface area contributed by atoms with Gasteiger partial charge in [-0.15, -0.1) is 0 Å². The molecule has 2 aromatic heterocycles. The first-order valence-electron chi connectivity index (χ1n) is 9.40. The van der Waals surface area contributed by atoms with E-state index in [-0.39, 0.29) is 45.6 Å². The van der Waals surface area contributed by atoms with E-state index in [1.54, 1.807) is 12.1 Å². The van der Waals surface area contributed by atoms with Gasteiger partial charge in [-0.3, -0.25) is 4.98 Å². The molecule has 0 atom stereocenters. The fraction of sp³-hybridized carbons (Fsp3) is 0.318. The molecule has 5 nitrogen and oxygen atoms in total. The Morgan fingerprint density at radius 1 is 1.24 bits per heavy atom. The number of anilines is 1. The van der Waals surface area contributed by atoms with Crippen molar-refractivity contribution in [3.63, 3.8) is 0 Å². The molecule has 1 fully saturated rings. The molecule has 1 N–H and O–H groups in total. The molecule has 2 aliphatic rings. The zero-order valence-electron chi connectivity index (χ0n) is 17.2. The van der Waals surface area contributed by atoms with Gasteiger partial charge in [-0.1, -0.05) is 38.4 Å². The monoisotopic (exact) mass is 484 g/mol. The minimum Gasteiger partial charge on any atom is -0.630 e. The van der Waals surface area contributed by atoms with Crippen LogP contribution < -0.4 is 4.90 Å². The Kier molecular flexibility index (Phi) is 7.53. The summed E-state index contributed by atoms with van der Waals surface area (Å²) < 4.78 is 1.39. The maximum Gasteiger partial charge on any atom is 0.116 e. The van der Waals surface area contributed by atoms with Crippen LogP contribution in [0, 0.1) is 7.43 Å². The zero-order valence-corrected chi connectivity index (χ0v) is 20.8. The van der Waals surface area contributed by atoms with E-state index >= 15 is 0 Å². The van der Waals surface area contributed by atoms with Crippen LogP contribution in [0.25, 0.3) is 16.9 Å². The minimum absolute atomic E-state index is 0. The Bertz CT molecular complexity index is 1030. The molecule has 3 heterocycles. The van der Waals surface area contributed by atoms with Gasteiger partial charge in [0.15, 0.2) is 0 Å². The van der Waals surface area contributed by atoms with Crippen molar-refractivity contribution < 1.29 is 32.7 Å². The third-order valence-electron chi connectivity index (χ3n) is 5.68. The van der Waals surface area contributed by atoms with E-state index in [9.17, 15) is 0 Å². The van der Waals surface area contributed by atoms with Crippen LogP contribution in [0.3, 0.4) is 0 Å². The summed E-state index contributed by atoms with van der Waals surface area (Å²) in [5.74, 6) is 9.07. The van der Waals surface area contributed by atoms with Gasteiger partial charge < -0.3 is 22.8 Å². The van der Waals surface area contributed by atoms with Crippen LogP contribution in [0.1, 0.15) is 44.5 Å². The number of rotatable bonds is 2. The van der Waals surface area contributed by atoms with Crippen molar-refractivity contribution in [2.45, 2.75) is 45.1 Å². The average Bonchev–Trinajstić information content (AvgIpc) is 3.09. The number of fused-ring (bicyclic) bond motifs is 3. The largest absolute Gasteiger partial charge is 0.630 e. The first-order chi connectivity index (χ1) is 13.1. The van der Waals surface area contributed by atoms with Gasteiger partial charge in [-0.2, -0.15) is 0 Å². The van der Waals surface area contributed by atoms with Crippen molar-refractivity contribution in [3.05, 3.63) is 78.6 Å². The fourth-order valence-corrected chi connectivity index (χ4v) is 4.35. The first kappa shape index (κ1) is 23.8. The number of hydrogen-bond donors (Lipinski definition) is 0. The number of hydrogen-bond acceptors (Lipinski definition) is 3. The topological polar surface area (TPSA) is 57.8 Å². The smallest absolute Gasteiger partial charge is 0.116 e. The molecule has 3 aromatic rings. The van der Waals surface area contributed by atoms with Gasteiger partial charge in [0.1, 0.15) is 5.82 Å². The van der Waals surface area contributed by atoms with Crippen LogP contribution in [0.15, 0.2) is 48.9 Å². The van der Waals surface area contributed by atoms with Gasteiger partial charge in [-0.05, 0) is 42.7 Å². The second-order valence-corrected chi connectivity index (χ2v) is 7.29. The number of imidazole rings is 1. The molecule has 29 heavy (non-hydrogen) atoms. The van der Waals surface area contributed by atoms with Crippen LogP contribution >= 0.6 is 11.6 Å². The molecular weight excluding hydrogens is 459 g/mol. The summed E-state index contributed by atoms with van der Waals surface area (Å²) in [4.78, 5) is 11.1. The fourth-order valence-electron chi connectivity index (χ4n) is 4.18. The molecule has 151 valence electrons. The molecule has 0 saturated heterocycles. The van der Waals surface area contributed by atoms with Crippen molar-refractivity contribution in [1.82, 2.24) is 14.6 Å². The molecule has 7 heteroatoms. The summed E-state index contributed by atoms with van der Waals surface area (Å²) in [5, 5.41) is 0.630.